The number of rotatable bonds is 6. The third-order valence-electron chi connectivity index (χ3n) is 6.84. The molecule has 0 radical (unpaired) electrons. The molecule has 3 fully saturated rings. The maximum Gasteiger partial charge on any atom is 0.303 e. The molecule has 5 heteroatoms. The standard InChI is InChI=1S/C23H32O5/c1-28-23-13-12-21(25)19(10-5-7-16-6-4-9-18(24)14-16)20(23)15-17(23)8-2-3-11-22(26)27/h8,16,19-21,25H,2-4,6-7,9,11-15H2,1H3,(H,26,27)/b17-8+. The summed E-state index contributed by atoms with van der Waals surface area (Å²) in [6, 6.07) is 0. The summed E-state index contributed by atoms with van der Waals surface area (Å²) in [4.78, 5) is 22.3. The number of aliphatic hydroxyl groups is 1. The minimum atomic E-state index is -0.762. The van der Waals surface area contributed by atoms with Crippen LogP contribution in [0.2, 0.25) is 0 Å². The van der Waals surface area contributed by atoms with Crippen molar-refractivity contribution in [2.45, 2.75) is 82.3 Å². The Morgan fingerprint density at radius 1 is 1.36 bits per heavy atom. The minimum Gasteiger partial charge on any atom is -0.481 e. The van der Waals surface area contributed by atoms with Crippen LogP contribution in [0.1, 0.15) is 70.6 Å². The summed E-state index contributed by atoms with van der Waals surface area (Å²) in [6.07, 6.45) is 9.73. The molecule has 0 aliphatic heterocycles. The van der Waals surface area contributed by atoms with E-state index in [0.29, 0.717) is 37.4 Å². The number of carboxylic acids is 1. The Morgan fingerprint density at radius 3 is 2.89 bits per heavy atom. The van der Waals surface area contributed by atoms with Gasteiger partial charge in [-0.3, -0.25) is 9.59 Å². The molecule has 3 rings (SSSR count). The van der Waals surface area contributed by atoms with Crippen molar-refractivity contribution >= 4 is 11.8 Å². The third-order valence-corrected chi connectivity index (χ3v) is 6.84. The van der Waals surface area contributed by atoms with Gasteiger partial charge >= 0.3 is 5.97 Å². The summed E-state index contributed by atoms with van der Waals surface area (Å²) >= 11 is 0. The summed E-state index contributed by atoms with van der Waals surface area (Å²) in [5.41, 5.74) is 0.893. The molecule has 2 N–H and O–H groups in total. The molecule has 5 unspecified atom stereocenters. The smallest absolute Gasteiger partial charge is 0.303 e. The first-order chi connectivity index (χ1) is 13.5. The van der Waals surface area contributed by atoms with Crippen LogP contribution in [-0.4, -0.2) is 40.8 Å². The zero-order valence-corrected chi connectivity index (χ0v) is 16.8. The number of ether oxygens (including phenoxy) is 1. The lowest BCUT2D eigenvalue weighted by Gasteiger charge is -2.57. The van der Waals surface area contributed by atoms with Gasteiger partial charge in [0.2, 0.25) is 0 Å². The van der Waals surface area contributed by atoms with Gasteiger partial charge in [-0.25, -0.2) is 0 Å². The van der Waals surface area contributed by atoms with E-state index < -0.39 is 12.1 Å². The number of ketones is 1. The quantitative estimate of drug-likeness (QED) is 0.413. The van der Waals surface area contributed by atoms with E-state index in [4.69, 9.17) is 9.84 Å². The van der Waals surface area contributed by atoms with Gasteiger partial charge in [-0.2, -0.15) is 0 Å². The number of carboxylic acid groups (broad SMARTS) is 1. The molecular weight excluding hydrogens is 356 g/mol. The van der Waals surface area contributed by atoms with Crippen LogP contribution in [0.3, 0.4) is 0 Å². The maximum absolute atomic E-state index is 11.6. The molecule has 0 bridgehead atoms. The highest BCUT2D eigenvalue weighted by Gasteiger charge is 2.58. The molecule has 5 atom stereocenters. The molecule has 154 valence electrons. The Morgan fingerprint density at radius 2 is 2.18 bits per heavy atom. The van der Waals surface area contributed by atoms with Crippen LogP contribution in [-0.2, 0) is 14.3 Å². The summed E-state index contributed by atoms with van der Waals surface area (Å²) in [5.74, 6) is 6.66. The van der Waals surface area contributed by atoms with Crippen LogP contribution in [0.25, 0.3) is 0 Å². The Kier molecular flexibility index (Phi) is 6.95. The maximum atomic E-state index is 11.6. The number of Topliss-reactive ketones (excluding diaryl/α,β-unsaturated/α-hetero) is 1. The van der Waals surface area contributed by atoms with Gasteiger partial charge in [0.15, 0.2) is 0 Å². The number of fused-ring (bicyclic) bond motifs is 1. The van der Waals surface area contributed by atoms with Crippen LogP contribution in [0.4, 0.5) is 0 Å². The molecule has 3 aliphatic carbocycles. The molecule has 0 amide bonds. The second-order valence-electron chi connectivity index (χ2n) is 8.58. The Labute approximate surface area is 167 Å². The van der Waals surface area contributed by atoms with Gasteiger partial charge in [0.05, 0.1) is 17.6 Å². The van der Waals surface area contributed by atoms with Crippen molar-refractivity contribution in [3.63, 3.8) is 0 Å². The SMILES string of the molecule is COC12CCC(O)C(C#CCC3CCCC(=O)C3)C1C/C2=C\CCCC(=O)O. The van der Waals surface area contributed by atoms with E-state index in [-0.39, 0.29) is 23.9 Å². The first-order valence-electron chi connectivity index (χ1n) is 10.6. The summed E-state index contributed by atoms with van der Waals surface area (Å²) in [6.45, 7) is 0. The van der Waals surface area contributed by atoms with E-state index >= 15 is 0 Å². The lowest BCUT2D eigenvalue weighted by Crippen LogP contribution is -2.59. The molecule has 0 aromatic heterocycles. The van der Waals surface area contributed by atoms with E-state index in [9.17, 15) is 14.7 Å². The molecule has 5 nitrogen and oxygen atoms in total. The number of carbonyl (C=O) groups is 2. The fraction of sp³-hybridized carbons (Fsp3) is 0.739. The van der Waals surface area contributed by atoms with Crippen molar-refractivity contribution in [2.75, 3.05) is 7.11 Å². The highest BCUT2D eigenvalue weighted by Crippen LogP contribution is 2.56. The fourth-order valence-corrected chi connectivity index (χ4v) is 5.23. The van der Waals surface area contributed by atoms with Gasteiger partial charge in [-0.15, -0.1) is 5.92 Å². The van der Waals surface area contributed by atoms with Gasteiger partial charge in [-0.05, 0) is 56.4 Å². The van der Waals surface area contributed by atoms with Crippen LogP contribution in [0.15, 0.2) is 11.6 Å². The second kappa shape index (κ2) is 9.24. The number of methoxy groups -OCH3 is 1. The van der Waals surface area contributed by atoms with Crippen molar-refractivity contribution in [3.05, 3.63) is 11.6 Å². The van der Waals surface area contributed by atoms with Crippen molar-refractivity contribution in [1.82, 2.24) is 0 Å². The van der Waals surface area contributed by atoms with Gasteiger partial charge in [0.25, 0.3) is 0 Å². The topological polar surface area (TPSA) is 83.8 Å². The van der Waals surface area contributed by atoms with E-state index in [1.54, 1.807) is 7.11 Å². The van der Waals surface area contributed by atoms with Crippen molar-refractivity contribution < 1.29 is 24.5 Å². The minimum absolute atomic E-state index is 0.0934. The molecule has 0 aromatic carbocycles. The summed E-state index contributed by atoms with van der Waals surface area (Å²) in [7, 11) is 1.73. The van der Waals surface area contributed by atoms with Crippen molar-refractivity contribution in [3.8, 4) is 11.8 Å². The molecular formula is C23H32O5. The number of carbonyl (C=O) groups excluding carboxylic acids is 1. The second-order valence-corrected chi connectivity index (χ2v) is 8.58. The fourth-order valence-electron chi connectivity index (χ4n) is 5.23. The first-order valence-corrected chi connectivity index (χ1v) is 10.6. The average Bonchev–Trinajstić information content (AvgIpc) is 2.64. The van der Waals surface area contributed by atoms with Gasteiger partial charge in [0, 0.05) is 38.7 Å². The average molecular weight is 389 g/mol. The van der Waals surface area contributed by atoms with Crippen LogP contribution >= 0.6 is 0 Å². The highest BCUT2D eigenvalue weighted by molar-refractivity contribution is 5.79. The molecule has 0 aromatic rings. The summed E-state index contributed by atoms with van der Waals surface area (Å²) in [5, 5.41) is 19.3. The normalized spacial score (nSPS) is 36.2. The predicted octanol–water partition coefficient (Wildman–Crippen LogP) is 3.50. The van der Waals surface area contributed by atoms with Crippen molar-refractivity contribution in [2.24, 2.45) is 17.8 Å². The zero-order chi connectivity index (χ0) is 20.1. The highest BCUT2D eigenvalue weighted by atomic mass is 16.5. The lowest BCUT2D eigenvalue weighted by molar-refractivity contribution is -0.138. The van der Waals surface area contributed by atoms with Crippen LogP contribution in [0, 0.1) is 29.6 Å². The molecule has 0 heterocycles. The van der Waals surface area contributed by atoms with Crippen LogP contribution < -0.4 is 0 Å². The van der Waals surface area contributed by atoms with E-state index in [1.807, 2.05) is 0 Å². The zero-order valence-electron chi connectivity index (χ0n) is 16.8. The van der Waals surface area contributed by atoms with E-state index in [2.05, 4.69) is 17.9 Å². The van der Waals surface area contributed by atoms with Crippen molar-refractivity contribution in [1.29, 1.82) is 0 Å². The van der Waals surface area contributed by atoms with Gasteiger partial charge < -0.3 is 14.9 Å². The summed E-state index contributed by atoms with van der Waals surface area (Å²) < 4.78 is 5.95. The first kappa shape index (κ1) is 21.1. The monoisotopic (exact) mass is 388 g/mol. The third kappa shape index (κ3) is 4.50. The molecule has 3 aliphatic rings. The van der Waals surface area contributed by atoms with Crippen LogP contribution in [0.5, 0.6) is 0 Å². The number of aliphatic carboxylic acids is 1. The van der Waals surface area contributed by atoms with Gasteiger partial charge in [-0.1, -0.05) is 12.0 Å². The van der Waals surface area contributed by atoms with E-state index in [0.717, 1.165) is 38.5 Å². The molecule has 28 heavy (non-hydrogen) atoms. The number of allylic oxidation sites excluding steroid dienone is 1. The van der Waals surface area contributed by atoms with Gasteiger partial charge in [0.1, 0.15) is 5.78 Å². The number of unbranched alkanes of at least 4 members (excludes halogenated alkanes) is 1. The molecule has 0 saturated heterocycles. The molecule has 3 saturated carbocycles. The predicted molar refractivity (Wildman–Crippen MR) is 106 cm³/mol. The molecule has 0 spiro atoms. The number of hydrogen-bond acceptors (Lipinski definition) is 4. The Hall–Kier alpha value is -1.64. The number of aliphatic hydroxyl groups excluding tert-OH is 1. The largest absolute Gasteiger partial charge is 0.481 e. The Bertz CT molecular complexity index is 685. The Balaban J connectivity index is 1.62. The lowest BCUT2D eigenvalue weighted by atomic mass is 9.53. The van der Waals surface area contributed by atoms with E-state index in [1.165, 1.54) is 5.57 Å². The number of hydrogen-bond donors (Lipinski definition) is 2.